The fourth-order valence-electron chi connectivity index (χ4n) is 2.26. The summed E-state index contributed by atoms with van der Waals surface area (Å²) in [5.41, 5.74) is 0.0314. The molecule has 1 N–H and O–H groups in total. The molecule has 1 aliphatic heterocycles. The molecule has 21 heavy (non-hydrogen) atoms. The largest absolute Gasteiger partial charge is 0.362 e. The summed E-state index contributed by atoms with van der Waals surface area (Å²) in [4.78, 5) is 29.7. The molecule has 1 aromatic rings. The number of hydrogen-bond donors (Lipinski definition) is 1. The molecule has 116 valence electrons. The Bertz CT molecular complexity index is 531. The van der Waals surface area contributed by atoms with E-state index in [1.807, 2.05) is 12.3 Å². The molecule has 0 aromatic carbocycles. The highest BCUT2D eigenvalue weighted by Crippen LogP contribution is 2.18. The Kier molecular flexibility index (Phi) is 4.95. The Labute approximate surface area is 128 Å². The fourth-order valence-corrected chi connectivity index (χ4v) is 3.04. The van der Waals surface area contributed by atoms with E-state index >= 15 is 0 Å². The Morgan fingerprint density at radius 1 is 1.57 bits per heavy atom. The Morgan fingerprint density at radius 2 is 2.33 bits per heavy atom. The van der Waals surface area contributed by atoms with Gasteiger partial charge in [0.05, 0.1) is 18.2 Å². The summed E-state index contributed by atoms with van der Waals surface area (Å²) in [6.45, 7) is 6.92. The third kappa shape index (κ3) is 4.01. The van der Waals surface area contributed by atoms with Crippen molar-refractivity contribution in [3.05, 3.63) is 16.1 Å². The molecule has 0 radical (unpaired) electrons. The monoisotopic (exact) mass is 311 g/mol. The molecule has 6 nitrogen and oxygen atoms in total. The Morgan fingerprint density at radius 3 is 2.95 bits per heavy atom. The first-order valence-corrected chi connectivity index (χ1v) is 7.87. The van der Waals surface area contributed by atoms with Crippen LogP contribution in [0.1, 0.15) is 24.5 Å². The average molecular weight is 311 g/mol. The number of hydrogen-bond acceptors (Lipinski definition) is 5. The summed E-state index contributed by atoms with van der Waals surface area (Å²) in [5, 5.41) is 5.88. The van der Waals surface area contributed by atoms with E-state index in [0.29, 0.717) is 32.7 Å². The first kappa shape index (κ1) is 15.9. The van der Waals surface area contributed by atoms with Gasteiger partial charge in [-0.2, -0.15) is 0 Å². The lowest BCUT2D eigenvalue weighted by molar-refractivity contribution is -0.161. The first-order chi connectivity index (χ1) is 9.90. The molecule has 0 aliphatic carbocycles. The number of nitrogens with zero attached hydrogens (tertiary/aromatic N) is 2. The predicted octanol–water partition coefficient (Wildman–Crippen LogP) is 0.748. The Hall–Kier alpha value is -1.47. The van der Waals surface area contributed by atoms with Crippen LogP contribution >= 0.6 is 11.3 Å². The zero-order valence-corrected chi connectivity index (χ0v) is 13.5. The molecule has 1 saturated heterocycles. The van der Waals surface area contributed by atoms with E-state index in [0.717, 1.165) is 10.7 Å². The molecule has 0 unspecified atom stereocenters. The van der Waals surface area contributed by atoms with Crippen LogP contribution in [0.2, 0.25) is 0 Å². The molecule has 1 atom stereocenters. The lowest BCUT2D eigenvalue weighted by Crippen LogP contribution is -2.59. The van der Waals surface area contributed by atoms with E-state index in [2.05, 4.69) is 10.3 Å². The van der Waals surface area contributed by atoms with Crippen molar-refractivity contribution in [3.63, 3.8) is 0 Å². The van der Waals surface area contributed by atoms with E-state index < -0.39 is 5.60 Å². The van der Waals surface area contributed by atoms with Crippen LogP contribution in [0.4, 0.5) is 0 Å². The van der Waals surface area contributed by atoms with Gasteiger partial charge in [-0.3, -0.25) is 9.59 Å². The smallest absolute Gasteiger partial charge is 0.253 e. The van der Waals surface area contributed by atoms with Crippen molar-refractivity contribution in [2.24, 2.45) is 0 Å². The number of thiazole rings is 1. The predicted molar refractivity (Wildman–Crippen MR) is 80.2 cm³/mol. The van der Waals surface area contributed by atoms with Crippen LogP contribution in [0.3, 0.4) is 0 Å². The number of nitrogens with one attached hydrogen (secondary N) is 1. The number of amides is 2. The van der Waals surface area contributed by atoms with Crippen LogP contribution in [0.25, 0.3) is 0 Å². The van der Waals surface area contributed by atoms with E-state index in [-0.39, 0.29) is 11.8 Å². The summed E-state index contributed by atoms with van der Waals surface area (Å²) in [6, 6.07) is 0. The molecule has 2 rings (SSSR count). The molecule has 2 heterocycles. The molecule has 1 fully saturated rings. The van der Waals surface area contributed by atoms with Crippen molar-refractivity contribution in [2.75, 3.05) is 26.2 Å². The van der Waals surface area contributed by atoms with Gasteiger partial charge in [-0.15, -0.1) is 11.3 Å². The van der Waals surface area contributed by atoms with E-state index in [1.165, 1.54) is 6.92 Å². The summed E-state index contributed by atoms with van der Waals surface area (Å²) in [5.74, 6) is -0.211. The van der Waals surface area contributed by atoms with Crippen molar-refractivity contribution in [2.45, 2.75) is 32.8 Å². The highest BCUT2D eigenvalue weighted by molar-refractivity contribution is 7.09. The topological polar surface area (TPSA) is 71.5 Å². The molecule has 0 bridgehead atoms. The highest BCUT2D eigenvalue weighted by atomic mass is 32.1. The molecule has 7 heteroatoms. The number of aromatic nitrogens is 1. The summed E-state index contributed by atoms with van der Waals surface area (Å²) < 4.78 is 5.60. The maximum absolute atomic E-state index is 12.3. The number of ether oxygens (including phenoxy) is 1. The van der Waals surface area contributed by atoms with Gasteiger partial charge in [0, 0.05) is 37.5 Å². The van der Waals surface area contributed by atoms with Gasteiger partial charge in [0.15, 0.2) is 5.60 Å². The van der Waals surface area contributed by atoms with E-state index in [4.69, 9.17) is 4.74 Å². The summed E-state index contributed by atoms with van der Waals surface area (Å²) in [6.07, 6.45) is 0.705. The van der Waals surface area contributed by atoms with Gasteiger partial charge in [-0.25, -0.2) is 4.98 Å². The molecule has 2 amide bonds. The minimum atomic E-state index is -0.970. The van der Waals surface area contributed by atoms with Crippen molar-refractivity contribution < 1.29 is 14.3 Å². The summed E-state index contributed by atoms with van der Waals surface area (Å²) >= 11 is 1.59. The van der Waals surface area contributed by atoms with Gasteiger partial charge in [-0.05, 0) is 13.8 Å². The van der Waals surface area contributed by atoms with Gasteiger partial charge < -0.3 is 15.0 Å². The summed E-state index contributed by atoms with van der Waals surface area (Å²) in [7, 11) is 0. The van der Waals surface area contributed by atoms with Gasteiger partial charge in [0.1, 0.15) is 0 Å². The lowest BCUT2D eigenvalue weighted by Gasteiger charge is -2.38. The number of carbonyl (C=O) groups is 2. The Balaban J connectivity index is 1.85. The third-order valence-corrected chi connectivity index (χ3v) is 4.52. The van der Waals surface area contributed by atoms with Crippen molar-refractivity contribution in [1.82, 2.24) is 15.2 Å². The van der Waals surface area contributed by atoms with Crippen LogP contribution in [0.5, 0.6) is 0 Å². The van der Waals surface area contributed by atoms with E-state index in [1.54, 1.807) is 23.2 Å². The molecule has 0 saturated carbocycles. The van der Waals surface area contributed by atoms with E-state index in [9.17, 15) is 9.59 Å². The molecule has 0 spiro atoms. The maximum Gasteiger partial charge on any atom is 0.253 e. The minimum absolute atomic E-state index is 0.0319. The van der Waals surface area contributed by atoms with Crippen molar-refractivity contribution >= 4 is 23.2 Å². The highest BCUT2D eigenvalue weighted by Gasteiger charge is 2.39. The quantitative estimate of drug-likeness (QED) is 0.890. The second-order valence-electron chi connectivity index (χ2n) is 5.41. The second kappa shape index (κ2) is 6.53. The number of carbonyl (C=O) groups excluding carboxylic acids is 2. The molecular weight excluding hydrogens is 290 g/mol. The van der Waals surface area contributed by atoms with Gasteiger partial charge in [0.2, 0.25) is 5.91 Å². The number of morpholine rings is 1. The molecule has 1 aromatic heterocycles. The van der Waals surface area contributed by atoms with Gasteiger partial charge in [0.25, 0.3) is 5.91 Å². The normalized spacial score (nSPS) is 22.1. The van der Waals surface area contributed by atoms with Crippen LogP contribution in [0, 0.1) is 6.92 Å². The van der Waals surface area contributed by atoms with Crippen molar-refractivity contribution in [3.8, 4) is 0 Å². The second-order valence-corrected chi connectivity index (χ2v) is 6.35. The zero-order valence-electron chi connectivity index (χ0n) is 12.6. The number of aryl methyl sites for hydroxylation is 1. The fraction of sp³-hybridized carbons (Fsp3) is 0.643. The first-order valence-electron chi connectivity index (χ1n) is 6.99. The van der Waals surface area contributed by atoms with Crippen LogP contribution in [-0.2, 0) is 20.7 Å². The molecular formula is C14H21N3O3S. The number of rotatable bonds is 4. The molecule has 1 aliphatic rings. The van der Waals surface area contributed by atoms with Crippen molar-refractivity contribution in [1.29, 1.82) is 0 Å². The zero-order chi connectivity index (χ0) is 15.5. The van der Waals surface area contributed by atoms with Crippen LogP contribution < -0.4 is 5.32 Å². The SMILES string of the molecule is CC(=O)N1CCO[C@](C)(C(=O)NCCc2nc(C)cs2)C1. The minimum Gasteiger partial charge on any atom is -0.362 e. The van der Waals surface area contributed by atoms with Gasteiger partial charge >= 0.3 is 0 Å². The van der Waals surface area contributed by atoms with Gasteiger partial charge in [-0.1, -0.05) is 0 Å². The standard InChI is InChI=1S/C14H21N3O3S/c1-10-8-21-12(16-10)4-5-15-13(19)14(3)9-17(11(2)18)6-7-20-14/h8H,4-7,9H2,1-3H3,(H,15,19)/t14-/m0/s1. The maximum atomic E-state index is 12.3. The van der Waals surface area contributed by atoms with Crippen LogP contribution in [-0.4, -0.2) is 53.5 Å². The third-order valence-electron chi connectivity index (χ3n) is 3.49. The van der Waals surface area contributed by atoms with Crippen LogP contribution in [0.15, 0.2) is 5.38 Å². The lowest BCUT2D eigenvalue weighted by atomic mass is 10.0. The average Bonchev–Trinajstić information content (AvgIpc) is 2.84.